The molecule has 0 unspecified atom stereocenters. The number of benzene rings is 1. The molecule has 0 N–H and O–H groups in total. The van der Waals surface area contributed by atoms with E-state index in [4.69, 9.17) is 27.9 Å². The maximum absolute atomic E-state index is 6.16. The van der Waals surface area contributed by atoms with Crippen LogP contribution in [0.5, 0.6) is 0 Å². The molecular formula is C19H19Cl2N5OS. The second-order valence-corrected chi connectivity index (χ2v) is 8.39. The second-order valence-electron chi connectivity index (χ2n) is 6.82. The normalized spacial score (nSPS) is 15.5. The molecule has 9 heteroatoms. The summed E-state index contributed by atoms with van der Waals surface area (Å²) in [6.45, 7) is 6.01. The summed E-state index contributed by atoms with van der Waals surface area (Å²) in [6, 6.07) is 9.63. The van der Waals surface area contributed by atoms with Gasteiger partial charge in [-0.3, -0.25) is 0 Å². The molecule has 0 spiro atoms. The van der Waals surface area contributed by atoms with Crippen molar-refractivity contribution >= 4 is 40.6 Å². The van der Waals surface area contributed by atoms with Crippen molar-refractivity contribution in [1.82, 2.24) is 19.6 Å². The number of rotatable bonds is 6. The van der Waals surface area contributed by atoms with Gasteiger partial charge in [0.15, 0.2) is 10.8 Å². The van der Waals surface area contributed by atoms with Crippen molar-refractivity contribution in [2.45, 2.75) is 25.9 Å². The highest BCUT2D eigenvalue weighted by Gasteiger charge is 2.44. The van der Waals surface area contributed by atoms with Gasteiger partial charge in [-0.15, -0.1) is 10.2 Å². The molecule has 6 nitrogen and oxygen atoms in total. The summed E-state index contributed by atoms with van der Waals surface area (Å²) in [6.07, 6.45) is 0.768. The molecular weight excluding hydrogens is 417 g/mol. The largest absolute Gasteiger partial charge is 0.371 e. The molecule has 0 atom stereocenters. The Hall–Kier alpha value is -1.80. The molecule has 28 heavy (non-hydrogen) atoms. The highest BCUT2D eigenvalue weighted by Crippen LogP contribution is 2.34. The van der Waals surface area contributed by atoms with Crippen molar-refractivity contribution in [3.05, 3.63) is 51.8 Å². The molecule has 1 aliphatic rings. The third-order valence-electron chi connectivity index (χ3n) is 4.64. The molecule has 0 amide bonds. The van der Waals surface area contributed by atoms with E-state index >= 15 is 0 Å². The van der Waals surface area contributed by atoms with E-state index in [0.29, 0.717) is 16.7 Å². The smallest absolute Gasteiger partial charge is 0.164 e. The van der Waals surface area contributed by atoms with Gasteiger partial charge in [-0.1, -0.05) is 29.3 Å². The Morgan fingerprint density at radius 3 is 2.57 bits per heavy atom. The van der Waals surface area contributed by atoms with Crippen LogP contribution >= 0.6 is 34.7 Å². The van der Waals surface area contributed by atoms with Crippen molar-refractivity contribution in [2.24, 2.45) is 0 Å². The fraction of sp³-hybridized carbons (Fsp3) is 0.368. The number of hydrogen-bond acceptors (Lipinski definition) is 7. The first kappa shape index (κ1) is 19.5. The van der Waals surface area contributed by atoms with Gasteiger partial charge in [-0.05, 0) is 55.2 Å². The molecule has 2 aromatic heterocycles. The van der Waals surface area contributed by atoms with Gasteiger partial charge in [0.1, 0.15) is 17.1 Å². The van der Waals surface area contributed by atoms with E-state index in [1.165, 1.54) is 11.5 Å². The molecule has 1 fully saturated rings. The first-order valence-corrected chi connectivity index (χ1v) is 10.5. The number of aryl methyl sites for hydroxylation is 1. The van der Waals surface area contributed by atoms with Crippen LogP contribution in [0.15, 0.2) is 30.3 Å². The highest BCUT2D eigenvalue weighted by atomic mass is 35.5. The van der Waals surface area contributed by atoms with Crippen LogP contribution in [-0.4, -0.2) is 44.9 Å². The SMILES string of the molecule is CCOC1(Cc2ccc(Cl)c(Cl)c2)CN(c2ccc(-c3nc(C)ns3)nn2)C1. The lowest BCUT2D eigenvalue weighted by Gasteiger charge is -2.50. The topological polar surface area (TPSA) is 64.0 Å². The van der Waals surface area contributed by atoms with Crippen molar-refractivity contribution in [3.8, 4) is 10.7 Å². The third kappa shape index (κ3) is 3.98. The van der Waals surface area contributed by atoms with Crippen LogP contribution in [0.1, 0.15) is 18.3 Å². The zero-order valence-electron chi connectivity index (χ0n) is 15.5. The summed E-state index contributed by atoms with van der Waals surface area (Å²) < 4.78 is 10.3. The van der Waals surface area contributed by atoms with Gasteiger partial charge >= 0.3 is 0 Å². The van der Waals surface area contributed by atoms with E-state index in [2.05, 4.69) is 24.5 Å². The number of anilines is 1. The molecule has 4 rings (SSSR count). The Balaban J connectivity index is 1.46. The van der Waals surface area contributed by atoms with Crippen molar-refractivity contribution < 1.29 is 4.74 Å². The number of aromatic nitrogens is 4. The van der Waals surface area contributed by atoms with Crippen LogP contribution in [0.3, 0.4) is 0 Å². The number of nitrogens with zero attached hydrogens (tertiary/aromatic N) is 5. The molecule has 0 aliphatic carbocycles. The molecule has 0 radical (unpaired) electrons. The van der Waals surface area contributed by atoms with E-state index in [1.807, 2.05) is 44.2 Å². The summed E-state index contributed by atoms with van der Waals surface area (Å²) in [5, 5.41) is 10.6. The first-order chi connectivity index (χ1) is 13.5. The van der Waals surface area contributed by atoms with Crippen molar-refractivity contribution in [1.29, 1.82) is 0 Å². The van der Waals surface area contributed by atoms with Crippen LogP contribution in [0, 0.1) is 6.92 Å². The zero-order chi connectivity index (χ0) is 19.7. The Labute approximate surface area is 177 Å². The summed E-state index contributed by atoms with van der Waals surface area (Å²) in [5.41, 5.74) is 1.58. The fourth-order valence-electron chi connectivity index (χ4n) is 3.40. The summed E-state index contributed by atoms with van der Waals surface area (Å²) in [4.78, 5) is 6.51. The molecule has 1 aliphatic heterocycles. The zero-order valence-corrected chi connectivity index (χ0v) is 17.9. The predicted octanol–water partition coefficient (Wildman–Crippen LogP) is 4.45. The molecule has 1 aromatic carbocycles. The second kappa shape index (κ2) is 7.91. The minimum Gasteiger partial charge on any atom is -0.371 e. The lowest BCUT2D eigenvalue weighted by Crippen LogP contribution is -2.65. The van der Waals surface area contributed by atoms with Crippen molar-refractivity contribution in [2.75, 3.05) is 24.6 Å². The van der Waals surface area contributed by atoms with Gasteiger partial charge in [0.05, 0.1) is 23.1 Å². The van der Waals surface area contributed by atoms with E-state index in [9.17, 15) is 0 Å². The van der Waals surface area contributed by atoms with Crippen LogP contribution in [0.25, 0.3) is 10.7 Å². The van der Waals surface area contributed by atoms with Gasteiger partial charge in [0.25, 0.3) is 0 Å². The summed E-state index contributed by atoms with van der Waals surface area (Å²) in [7, 11) is 0. The van der Waals surface area contributed by atoms with Gasteiger partial charge in [-0.2, -0.15) is 4.37 Å². The average Bonchev–Trinajstić information content (AvgIpc) is 3.09. The van der Waals surface area contributed by atoms with E-state index in [-0.39, 0.29) is 5.60 Å². The fourth-order valence-corrected chi connectivity index (χ4v) is 4.36. The number of hydrogen-bond donors (Lipinski definition) is 0. The number of ether oxygens (including phenoxy) is 1. The molecule has 3 heterocycles. The minimum absolute atomic E-state index is 0.261. The molecule has 0 saturated carbocycles. The van der Waals surface area contributed by atoms with Gasteiger partial charge in [-0.25, -0.2) is 4.98 Å². The van der Waals surface area contributed by atoms with Gasteiger partial charge in [0.2, 0.25) is 0 Å². The average molecular weight is 436 g/mol. The maximum Gasteiger partial charge on any atom is 0.164 e. The quantitative estimate of drug-likeness (QED) is 0.569. The number of halogens is 2. The lowest BCUT2D eigenvalue weighted by atomic mass is 9.86. The van der Waals surface area contributed by atoms with Crippen LogP contribution in [0.2, 0.25) is 10.0 Å². The van der Waals surface area contributed by atoms with E-state index in [1.54, 1.807) is 0 Å². The Morgan fingerprint density at radius 1 is 1.14 bits per heavy atom. The first-order valence-electron chi connectivity index (χ1n) is 8.95. The Morgan fingerprint density at radius 2 is 1.96 bits per heavy atom. The third-order valence-corrected chi connectivity index (χ3v) is 6.21. The van der Waals surface area contributed by atoms with E-state index < -0.39 is 0 Å². The van der Waals surface area contributed by atoms with Crippen LogP contribution < -0.4 is 4.90 Å². The lowest BCUT2D eigenvalue weighted by molar-refractivity contribution is -0.0591. The van der Waals surface area contributed by atoms with Gasteiger partial charge in [0, 0.05) is 13.0 Å². The molecule has 146 valence electrons. The van der Waals surface area contributed by atoms with Crippen LogP contribution in [-0.2, 0) is 11.2 Å². The monoisotopic (exact) mass is 435 g/mol. The standard InChI is InChI=1S/C19H19Cl2N5OS/c1-3-27-19(9-13-4-5-14(20)15(21)8-13)10-26(11-19)17-7-6-16(23-24-17)18-22-12(2)25-28-18/h4-8H,3,9-11H2,1-2H3. The maximum atomic E-state index is 6.16. The summed E-state index contributed by atoms with van der Waals surface area (Å²) >= 11 is 13.5. The van der Waals surface area contributed by atoms with E-state index in [0.717, 1.165) is 47.4 Å². The molecule has 3 aromatic rings. The highest BCUT2D eigenvalue weighted by molar-refractivity contribution is 7.09. The minimum atomic E-state index is -0.261. The van der Waals surface area contributed by atoms with Gasteiger partial charge < -0.3 is 9.64 Å². The van der Waals surface area contributed by atoms with Crippen molar-refractivity contribution in [3.63, 3.8) is 0 Å². The predicted molar refractivity (Wildman–Crippen MR) is 112 cm³/mol. The summed E-state index contributed by atoms with van der Waals surface area (Å²) in [5.74, 6) is 1.58. The Bertz CT molecular complexity index is 973. The molecule has 0 bridgehead atoms. The van der Waals surface area contributed by atoms with Crippen LogP contribution in [0.4, 0.5) is 5.82 Å². The molecule has 1 saturated heterocycles. The Kier molecular flexibility index (Phi) is 5.51.